The molecule has 1 fully saturated rings. The first-order valence-corrected chi connectivity index (χ1v) is 19.3. The molecular weight excluding hydrogens is 691 g/mol. The molecule has 3 aromatic carbocycles. The smallest absolute Gasteiger partial charge is 0.326 e. The van der Waals surface area contributed by atoms with Crippen LogP contribution in [0.2, 0.25) is 0 Å². The maximum Gasteiger partial charge on any atom is 0.326 e. The normalized spacial score (nSPS) is 21.9. The summed E-state index contributed by atoms with van der Waals surface area (Å²) in [5.41, 5.74) is 2.75. The fourth-order valence-corrected chi connectivity index (χ4v) is 8.71. The van der Waals surface area contributed by atoms with Crippen molar-refractivity contribution in [2.45, 2.75) is 69.7 Å². The van der Waals surface area contributed by atoms with Crippen molar-refractivity contribution < 1.29 is 33.9 Å². The van der Waals surface area contributed by atoms with Crippen LogP contribution in [0.1, 0.15) is 89.1 Å². The number of carbonyl (C=O) groups excluding carboxylic acids is 5. The number of carboxylic acid groups (broad SMARTS) is 1. The molecule has 10 nitrogen and oxygen atoms in total. The van der Waals surface area contributed by atoms with Crippen LogP contribution in [0.5, 0.6) is 0 Å². The van der Waals surface area contributed by atoms with E-state index in [1.165, 1.54) is 9.80 Å². The molecule has 11 heteroatoms. The van der Waals surface area contributed by atoms with Crippen molar-refractivity contribution in [2.75, 3.05) is 13.1 Å². The first kappa shape index (κ1) is 37.7. The quantitative estimate of drug-likeness (QED) is 0.0886. The molecule has 2 N–H and O–H groups in total. The molecule has 53 heavy (non-hydrogen) atoms. The van der Waals surface area contributed by atoms with Crippen molar-refractivity contribution in [3.63, 3.8) is 0 Å². The van der Waals surface area contributed by atoms with E-state index in [1.807, 2.05) is 72.8 Å². The maximum atomic E-state index is 14.6. The first-order valence-electron chi connectivity index (χ1n) is 18.4. The second-order valence-corrected chi connectivity index (χ2v) is 14.9. The number of carbonyl (C=O) groups is 6. The van der Waals surface area contributed by atoms with Crippen molar-refractivity contribution in [1.29, 1.82) is 0 Å². The van der Waals surface area contributed by atoms with Crippen LogP contribution >= 0.6 is 11.9 Å². The topological polar surface area (TPSA) is 141 Å². The highest BCUT2D eigenvalue weighted by Gasteiger charge is 2.45. The van der Waals surface area contributed by atoms with Gasteiger partial charge in [0, 0.05) is 49.7 Å². The highest BCUT2D eigenvalue weighted by Crippen LogP contribution is 2.43. The van der Waals surface area contributed by atoms with Crippen LogP contribution in [0.4, 0.5) is 0 Å². The summed E-state index contributed by atoms with van der Waals surface area (Å²) in [5.74, 6) is -3.65. The Hall–Kier alpha value is -5.03. The lowest BCUT2D eigenvalue weighted by Crippen LogP contribution is -2.50. The number of unbranched alkanes of at least 4 members (excludes halogenated alkanes) is 2. The Morgan fingerprint density at radius 1 is 0.811 bits per heavy atom. The molecule has 4 amide bonds. The van der Waals surface area contributed by atoms with Gasteiger partial charge in [0.05, 0.1) is 11.1 Å². The van der Waals surface area contributed by atoms with Crippen LogP contribution < -0.4 is 4.72 Å². The van der Waals surface area contributed by atoms with Gasteiger partial charge in [-0.15, -0.1) is 0 Å². The lowest BCUT2D eigenvalue weighted by atomic mass is 9.71. The van der Waals surface area contributed by atoms with E-state index in [2.05, 4.69) is 4.72 Å². The lowest BCUT2D eigenvalue weighted by molar-refractivity contribution is -0.153. The average molecular weight is 736 g/mol. The van der Waals surface area contributed by atoms with Crippen molar-refractivity contribution >= 4 is 46.7 Å². The van der Waals surface area contributed by atoms with Gasteiger partial charge in [0.2, 0.25) is 16.9 Å². The van der Waals surface area contributed by atoms with Crippen molar-refractivity contribution in [3.8, 4) is 0 Å². The highest BCUT2D eigenvalue weighted by atomic mass is 32.2. The summed E-state index contributed by atoms with van der Waals surface area (Å²) in [6.45, 7) is 0.572. The Labute approximate surface area is 314 Å². The number of carboxylic acids is 1. The Bertz CT molecular complexity index is 1810. The largest absolute Gasteiger partial charge is 0.480 e. The van der Waals surface area contributed by atoms with E-state index in [1.54, 1.807) is 24.3 Å². The van der Waals surface area contributed by atoms with Gasteiger partial charge in [0.1, 0.15) is 6.04 Å². The van der Waals surface area contributed by atoms with E-state index in [4.69, 9.17) is 0 Å². The standard InChI is InChI=1S/C42H45N3O7S/c46-37(22-8-3-13-24-45-38(47)32-19-10-11-20-33(32)39(45)48)43-53-42(52)34-21-12-9-18-31(34)35-27-30(29-16-6-2-7-17-29)23-25-44(40(35)49)36(41(50)51)26-28-14-4-1-5-15-28/h1-2,4-7,9-12,14-17,19-20,30-31,34-36H,3,8,13,18,21-27H2,(H,43,46)(H,50,51). The Balaban J connectivity index is 1.07. The van der Waals surface area contributed by atoms with Gasteiger partial charge in [-0.2, -0.15) is 0 Å². The van der Waals surface area contributed by atoms with E-state index in [9.17, 15) is 33.9 Å². The van der Waals surface area contributed by atoms with Crippen LogP contribution in [0.15, 0.2) is 97.1 Å². The van der Waals surface area contributed by atoms with Gasteiger partial charge in [-0.3, -0.25) is 33.6 Å². The third-order valence-electron chi connectivity index (χ3n) is 10.8. The van der Waals surface area contributed by atoms with Crippen LogP contribution in [-0.4, -0.2) is 68.8 Å². The number of amides is 4. The van der Waals surface area contributed by atoms with Crippen molar-refractivity contribution in [1.82, 2.24) is 14.5 Å². The van der Waals surface area contributed by atoms with Crippen LogP contribution in [-0.2, 0) is 25.6 Å². The minimum Gasteiger partial charge on any atom is -0.480 e. The minimum atomic E-state index is -1.06. The van der Waals surface area contributed by atoms with E-state index >= 15 is 0 Å². The number of nitrogens with zero attached hydrogens (tertiary/aromatic N) is 2. The molecule has 0 spiro atoms. The average Bonchev–Trinajstić information content (AvgIpc) is 3.30. The number of likely N-dealkylation sites (tertiary alicyclic amines) is 1. The molecule has 2 aliphatic heterocycles. The van der Waals surface area contributed by atoms with Gasteiger partial charge in [-0.05, 0) is 73.6 Å². The van der Waals surface area contributed by atoms with Gasteiger partial charge in [0.25, 0.3) is 11.8 Å². The van der Waals surface area contributed by atoms with Gasteiger partial charge < -0.3 is 10.0 Å². The van der Waals surface area contributed by atoms with E-state index in [-0.39, 0.29) is 60.0 Å². The van der Waals surface area contributed by atoms with E-state index in [0.29, 0.717) is 62.6 Å². The van der Waals surface area contributed by atoms with E-state index in [0.717, 1.165) is 23.1 Å². The summed E-state index contributed by atoms with van der Waals surface area (Å²) < 4.78 is 2.70. The predicted molar refractivity (Wildman–Crippen MR) is 202 cm³/mol. The molecule has 0 bridgehead atoms. The number of fused-ring (bicyclic) bond motifs is 1. The number of imide groups is 1. The molecular formula is C42H45N3O7S. The summed E-state index contributed by atoms with van der Waals surface area (Å²) in [5, 5.41) is 10.2. The molecule has 0 saturated carbocycles. The number of benzene rings is 3. The molecule has 3 aromatic rings. The molecule has 5 atom stereocenters. The summed E-state index contributed by atoms with van der Waals surface area (Å²) >= 11 is 0.765. The van der Waals surface area contributed by atoms with Gasteiger partial charge >= 0.3 is 5.97 Å². The molecule has 2 heterocycles. The summed E-state index contributed by atoms with van der Waals surface area (Å²) in [6, 6.07) is 25.0. The summed E-state index contributed by atoms with van der Waals surface area (Å²) in [6.07, 6.45) is 8.05. The minimum absolute atomic E-state index is 0.00682. The lowest BCUT2D eigenvalue weighted by Gasteiger charge is -2.36. The molecule has 6 rings (SSSR count). The second-order valence-electron chi connectivity index (χ2n) is 14.1. The summed E-state index contributed by atoms with van der Waals surface area (Å²) in [4.78, 5) is 81.8. The van der Waals surface area contributed by atoms with Gasteiger partial charge in [-0.25, -0.2) is 4.79 Å². The molecule has 0 aromatic heterocycles. The van der Waals surface area contributed by atoms with Crippen LogP contribution in [0.3, 0.4) is 0 Å². The molecule has 276 valence electrons. The summed E-state index contributed by atoms with van der Waals surface area (Å²) in [7, 11) is 0. The predicted octanol–water partition coefficient (Wildman–Crippen LogP) is 6.43. The van der Waals surface area contributed by atoms with Crippen molar-refractivity contribution in [2.24, 2.45) is 17.8 Å². The Morgan fingerprint density at radius 3 is 2.13 bits per heavy atom. The zero-order valence-corrected chi connectivity index (χ0v) is 30.4. The second kappa shape index (κ2) is 17.7. The molecule has 1 aliphatic carbocycles. The number of hydrogen-bond acceptors (Lipinski definition) is 7. The zero-order valence-electron chi connectivity index (χ0n) is 29.6. The molecule has 1 saturated heterocycles. The third-order valence-corrected chi connectivity index (χ3v) is 11.6. The molecule has 5 unspecified atom stereocenters. The third kappa shape index (κ3) is 8.96. The first-order chi connectivity index (χ1) is 25.7. The SMILES string of the molecule is O=C(CCCCCN1C(=O)c2ccccc2C1=O)NSC(=O)C1CC=CCC1C1CC(c2ccccc2)CCN(C(Cc2ccccc2)C(=O)O)C1=O. The highest BCUT2D eigenvalue weighted by molar-refractivity contribution is 8.12. The maximum absolute atomic E-state index is 14.6. The molecule has 3 aliphatic rings. The van der Waals surface area contributed by atoms with Gasteiger partial charge in [0.15, 0.2) is 0 Å². The fraction of sp³-hybridized carbons (Fsp3) is 0.381. The monoisotopic (exact) mass is 735 g/mol. The van der Waals surface area contributed by atoms with Gasteiger partial charge in [-0.1, -0.05) is 91.4 Å². The zero-order chi connectivity index (χ0) is 37.3. The number of aliphatic carboxylic acids is 1. The van der Waals surface area contributed by atoms with Crippen LogP contribution in [0.25, 0.3) is 0 Å². The number of hydrogen-bond donors (Lipinski definition) is 2. The fourth-order valence-electron chi connectivity index (χ4n) is 7.97. The number of nitrogens with one attached hydrogen (secondary N) is 1. The number of rotatable bonds is 13. The number of allylic oxidation sites excluding steroid dienone is 2. The van der Waals surface area contributed by atoms with Crippen LogP contribution in [0, 0.1) is 17.8 Å². The van der Waals surface area contributed by atoms with E-state index < -0.39 is 23.8 Å². The molecule has 0 radical (unpaired) electrons. The Morgan fingerprint density at radius 2 is 1.45 bits per heavy atom. The van der Waals surface area contributed by atoms with Crippen molar-refractivity contribution in [3.05, 3.63) is 119 Å². The Kier molecular flexibility index (Phi) is 12.6.